The lowest BCUT2D eigenvalue weighted by atomic mass is 10.2. The smallest absolute Gasteiger partial charge is 0.134 e. The second-order valence-electron chi connectivity index (χ2n) is 4.42. The zero-order valence-electron chi connectivity index (χ0n) is 10.1. The largest absolute Gasteiger partial charge is 0.461 e. The highest BCUT2D eigenvalue weighted by atomic mass is 32.1. The maximum Gasteiger partial charge on any atom is 0.134 e. The second-order valence-corrected chi connectivity index (χ2v) is 4.89. The SMILES string of the molecule is S=C(Cc1cc2ccccc2o1)N1CCOCC1. The lowest BCUT2D eigenvalue weighted by molar-refractivity contribution is 0.0683. The maximum absolute atomic E-state index is 5.78. The van der Waals surface area contributed by atoms with Crippen molar-refractivity contribution >= 4 is 28.2 Å². The van der Waals surface area contributed by atoms with Crippen molar-refractivity contribution in [3.8, 4) is 0 Å². The fourth-order valence-corrected chi connectivity index (χ4v) is 2.52. The average Bonchev–Trinajstić information content (AvgIpc) is 2.82. The van der Waals surface area contributed by atoms with Crippen molar-refractivity contribution in [1.29, 1.82) is 0 Å². The Morgan fingerprint density at radius 2 is 2.00 bits per heavy atom. The maximum atomic E-state index is 5.78. The number of ether oxygens (including phenoxy) is 1. The molecule has 4 heteroatoms. The van der Waals surface area contributed by atoms with Crippen molar-refractivity contribution < 1.29 is 9.15 Å². The van der Waals surface area contributed by atoms with E-state index < -0.39 is 0 Å². The van der Waals surface area contributed by atoms with Crippen molar-refractivity contribution in [1.82, 2.24) is 4.90 Å². The van der Waals surface area contributed by atoms with Gasteiger partial charge in [-0.1, -0.05) is 30.4 Å². The van der Waals surface area contributed by atoms with E-state index in [1.807, 2.05) is 18.2 Å². The van der Waals surface area contributed by atoms with Crippen LogP contribution in [0.1, 0.15) is 5.76 Å². The molecule has 0 N–H and O–H groups in total. The first-order valence-corrected chi connectivity index (χ1v) is 6.57. The molecule has 1 aliphatic heterocycles. The molecule has 1 fully saturated rings. The molecule has 3 rings (SSSR count). The van der Waals surface area contributed by atoms with Gasteiger partial charge in [0.2, 0.25) is 0 Å². The number of benzene rings is 1. The third-order valence-corrected chi connectivity index (χ3v) is 3.57. The number of nitrogens with zero attached hydrogens (tertiary/aromatic N) is 1. The minimum absolute atomic E-state index is 0.698. The van der Waals surface area contributed by atoms with Gasteiger partial charge in [0.1, 0.15) is 11.3 Å². The van der Waals surface area contributed by atoms with Crippen molar-refractivity contribution in [2.75, 3.05) is 26.3 Å². The Kier molecular flexibility index (Phi) is 3.30. The Balaban J connectivity index is 1.73. The monoisotopic (exact) mass is 261 g/mol. The average molecular weight is 261 g/mol. The molecule has 1 aromatic carbocycles. The van der Waals surface area contributed by atoms with E-state index in [4.69, 9.17) is 21.4 Å². The summed E-state index contributed by atoms with van der Waals surface area (Å²) >= 11 is 5.47. The van der Waals surface area contributed by atoms with E-state index in [9.17, 15) is 0 Å². The van der Waals surface area contributed by atoms with Crippen LogP contribution in [0.3, 0.4) is 0 Å². The van der Waals surface area contributed by atoms with Crippen molar-refractivity contribution in [2.24, 2.45) is 0 Å². The summed E-state index contributed by atoms with van der Waals surface area (Å²) in [7, 11) is 0. The van der Waals surface area contributed by atoms with E-state index in [1.54, 1.807) is 0 Å². The molecular weight excluding hydrogens is 246 g/mol. The van der Waals surface area contributed by atoms with Crippen LogP contribution in [0.25, 0.3) is 11.0 Å². The Morgan fingerprint density at radius 3 is 2.78 bits per heavy atom. The number of fused-ring (bicyclic) bond motifs is 1. The first-order valence-electron chi connectivity index (χ1n) is 6.16. The van der Waals surface area contributed by atoms with E-state index in [2.05, 4.69) is 17.0 Å². The van der Waals surface area contributed by atoms with Gasteiger partial charge in [0.25, 0.3) is 0 Å². The zero-order valence-corrected chi connectivity index (χ0v) is 10.9. The molecule has 0 unspecified atom stereocenters. The summed E-state index contributed by atoms with van der Waals surface area (Å²) in [5.74, 6) is 0.938. The molecule has 0 saturated carbocycles. The van der Waals surface area contributed by atoms with Gasteiger partial charge in [0.05, 0.1) is 24.6 Å². The van der Waals surface area contributed by atoms with Gasteiger partial charge < -0.3 is 14.1 Å². The van der Waals surface area contributed by atoms with Gasteiger partial charge in [-0.15, -0.1) is 0 Å². The second kappa shape index (κ2) is 5.08. The Bertz CT molecular complexity index is 525. The lowest BCUT2D eigenvalue weighted by Gasteiger charge is -2.28. The highest BCUT2D eigenvalue weighted by Gasteiger charge is 2.15. The van der Waals surface area contributed by atoms with Crippen LogP contribution in [0.15, 0.2) is 34.7 Å². The molecule has 1 saturated heterocycles. The number of morpholine rings is 1. The van der Waals surface area contributed by atoms with Crippen LogP contribution >= 0.6 is 12.2 Å². The van der Waals surface area contributed by atoms with Crippen LogP contribution in [0.4, 0.5) is 0 Å². The number of rotatable bonds is 2. The molecular formula is C14H15NO2S. The van der Waals surface area contributed by atoms with Crippen molar-refractivity contribution in [3.63, 3.8) is 0 Å². The van der Waals surface area contributed by atoms with E-state index in [1.165, 1.54) is 0 Å². The molecule has 94 valence electrons. The molecule has 0 radical (unpaired) electrons. The van der Waals surface area contributed by atoms with Gasteiger partial charge in [0, 0.05) is 18.5 Å². The van der Waals surface area contributed by atoms with Gasteiger partial charge in [-0.2, -0.15) is 0 Å². The van der Waals surface area contributed by atoms with Crippen LogP contribution in [0.5, 0.6) is 0 Å². The summed E-state index contributed by atoms with van der Waals surface area (Å²) in [4.78, 5) is 3.14. The topological polar surface area (TPSA) is 25.6 Å². The predicted molar refractivity (Wildman–Crippen MR) is 74.9 cm³/mol. The highest BCUT2D eigenvalue weighted by Crippen LogP contribution is 2.20. The summed E-state index contributed by atoms with van der Waals surface area (Å²) in [5.41, 5.74) is 0.928. The van der Waals surface area contributed by atoms with E-state index in [0.717, 1.165) is 48.0 Å². The van der Waals surface area contributed by atoms with E-state index in [0.29, 0.717) is 6.42 Å². The number of thiocarbonyl (C=S) groups is 1. The summed E-state index contributed by atoms with van der Waals surface area (Å²) in [6.07, 6.45) is 0.698. The van der Waals surface area contributed by atoms with Gasteiger partial charge >= 0.3 is 0 Å². The van der Waals surface area contributed by atoms with Crippen LogP contribution < -0.4 is 0 Å². The first-order chi connectivity index (χ1) is 8.83. The highest BCUT2D eigenvalue weighted by molar-refractivity contribution is 7.80. The summed E-state index contributed by atoms with van der Waals surface area (Å²) < 4.78 is 11.1. The quantitative estimate of drug-likeness (QED) is 0.776. The lowest BCUT2D eigenvalue weighted by Crippen LogP contribution is -2.40. The van der Waals surface area contributed by atoms with Crippen LogP contribution in [-0.4, -0.2) is 36.2 Å². The van der Waals surface area contributed by atoms with E-state index in [-0.39, 0.29) is 0 Å². The molecule has 0 amide bonds. The minimum atomic E-state index is 0.698. The predicted octanol–water partition coefficient (Wildman–Crippen LogP) is 2.63. The standard InChI is InChI=1S/C14H15NO2S/c18-14(15-5-7-16-8-6-15)10-12-9-11-3-1-2-4-13(11)17-12/h1-4,9H,5-8,10H2. The summed E-state index contributed by atoms with van der Waals surface area (Å²) in [6.45, 7) is 3.30. The number of furan rings is 1. The number of hydrogen-bond donors (Lipinski definition) is 0. The van der Waals surface area contributed by atoms with Crippen LogP contribution in [0.2, 0.25) is 0 Å². The summed E-state index contributed by atoms with van der Waals surface area (Å²) in [5, 5.41) is 1.14. The van der Waals surface area contributed by atoms with Crippen molar-refractivity contribution in [3.05, 3.63) is 36.1 Å². The van der Waals surface area contributed by atoms with Crippen LogP contribution in [0, 0.1) is 0 Å². The molecule has 2 heterocycles. The molecule has 0 spiro atoms. The molecule has 0 atom stereocenters. The van der Waals surface area contributed by atoms with Gasteiger partial charge in [-0.3, -0.25) is 0 Å². The molecule has 0 aliphatic carbocycles. The van der Waals surface area contributed by atoms with E-state index >= 15 is 0 Å². The number of para-hydroxylation sites is 1. The van der Waals surface area contributed by atoms with Crippen LogP contribution in [-0.2, 0) is 11.2 Å². The fraction of sp³-hybridized carbons (Fsp3) is 0.357. The zero-order chi connectivity index (χ0) is 12.4. The first kappa shape index (κ1) is 11.7. The normalized spacial score (nSPS) is 16.1. The Hall–Kier alpha value is -1.39. The third kappa shape index (κ3) is 2.40. The minimum Gasteiger partial charge on any atom is -0.461 e. The van der Waals surface area contributed by atoms with Gasteiger partial charge in [-0.05, 0) is 12.1 Å². The molecule has 0 bridgehead atoms. The molecule has 2 aromatic rings. The molecule has 1 aliphatic rings. The fourth-order valence-electron chi connectivity index (χ4n) is 2.20. The van der Waals surface area contributed by atoms with Crippen molar-refractivity contribution in [2.45, 2.75) is 6.42 Å². The Morgan fingerprint density at radius 1 is 1.22 bits per heavy atom. The molecule has 1 aromatic heterocycles. The number of hydrogen-bond acceptors (Lipinski definition) is 3. The summed E-state index contributed by atoms with van der Waals surface area (Å²) in [6, 6.07) is 10.1. The molecule has 18 heavy (non-hydrogen) atoms. The van der Waals surface area contributed by atoms with Gasteiger partial charge in [-0.25, -0.2) is 0 Å². The third-order valence-electron chi connectivity index (χ3n) is 3.17. The molecule has 3 nitrogen and oxygen atoms in total. The Labute approximate surface area is 111 Å². The van der Waals surface area contributed by atoms with Gasteiger partial charge in [0.15, 0.2) is 0 Å².